The molecule has 0 aliphatic heterocycles. The number of rotatable bonds is 3. The fraction of sp³-hybridized carbons (Fsp3) is 0.200. The van der Waals surface area contributed by atoms with Gasteiger partial charge in [-0.1, -0.05) is 22.0 Å². The second-order valence-electron chi connectivity index (χ2n) is 2.96. The van der Waals surface area contributed by atoms with Crippen LogP contribution in [-0.4, -0.2) is 16.1 Å². The van der Waals surface area contributed by atoms with Crippen LogP contribution in [0.3, 0.4) is 0 Å². The number of Topliss-reactive ketones (excluding diaryl/α,β-unsaturated/α-hetero) is 1. The smallest absolute Gasteiger partial charge is 0.237 e. The second-order valence-corrected chi connectivity index (χ2v) is 4.47. The van der Waals surface area contributed by atoms with Crippen LogP contribution in [0.15, 0.2) is 21.9 Å². The molecule has 0 aliphatic carbocycles. The SMILES string of the molecule is Cc1oc(-c2cccs2)nc1C(=O)CBr. The molecular formula is C10H8BrNO2S. The Bertz CT molecular complexity index is 476. The molecule has 0 saturated carbocycles. The molecule has 0 unspecified atom stereocenters. The number of alkyl halides is 1. The average molecular weight is 286 g/mol. The summed E-state index contributed by atoms with van der Waals surface area (Å²) in [6, 6.07) is 3.84. The minimum atomic E-state index is -0.0564. The number of thiophene rings is 1. The van der Waals surface area contributed by atoms with E-state index < -0.39 is 0 Å². The molecule has 0 amide bonds. The van der Waals surface area contributed by atoms with Crippen molar-refractivity contribution in [1.29, 1.82) is 0 Å². The van der Waals surface area contributed by atoms with Gasteiger partial charge in [-0.05, 0) is 18.4 Å². The highest BCUT2D eigenvalue weighted by Gasteiger charge is 2.17. The van der Waals surface area contributed by atoms with Gasteiger partial charge >= 0.3 is 0 Å². The first-order valence-corrected chi connectivity index (χ1v) is 6.33. The van der Waals surface area contributed by atoms with Gasteiger partial charge in [0.15, 0.2) is 5.78 Å². The molecule has 3 nitrogen and oxygen atoms in total. The van der Waals surface area contributed by atoms with Crippen LogP contribution in [0.5, 0.6) is 0 Å². The third-order valence-corrected chi connectivity index (χ3v) is 3.28. The summed E-state index contributed by atoms with van der Waals surface area (Å²) in [4.78, 5) is 16.6. The minimum Gasteiger partial charge on any atom is -0.440 e. The first kappa shape index (κ1) is 10.6. The van der Waals surface area contributed by atoms with Crippen molar-refractivity contribution < 1.29 is 9.21 Å². The van der Waals surface area contributed by atoms with Crippen LogP contribution in [0.1, 0.15) is 16.2 Å². The molecule has 0 bridgehead atoms. The molecule has 2 heterocycles. The number of ketones is 1. The van der Waals surface area contributed by atoms with Gasteiger partial charge in [0.2, 0.25) is 5.89 Å². The van der Waals surface area contributed by atoms with Crippen molar-refractivity contribution in [2.75, 3.05) is 5.33 Å². The number of carbonyl (C=O) groups is 1. The summed E-state index contributed by atoms with van der Waals surface area (Å²) in [5.41, 5.74) is 0.412. The topological polar surface area (TPSA) is 43.1 Å². The zero-order valence-electron chi connectivity index (χ0n) is 7.99. The Balaban J connectivity index is 2.41. The molecule has 0 radical (unpaired) electrons. The van der Waals surface area contributed by atoms with E-state index in [1.807, 2.05) is 17.5 Å². The Hall–Kier alpha value is -0.940. The van der Waals surface area contributed by atoms with Gasteiger partial charge in [-0.3, -0.25) is 4.79 Å². The van der Waals surface area contributed by atoms with E-state index in [9.17, 15) is 4.79 Å². The first-order chi connectivity index (χ1) is 7.22. The van der Waals surface area contributed by atoms with Crippen LogP contribution in [0.25, 0.3) is 10.8 Å². The molecule has 5 heteroatoms. The van der Waals surface area contributed by atoms with E-state index in [4.69, 9.17) is 4.42 Å². The quantitative estimate of drug-likeness (QED) is 0.642. The third kappa shape index (κ3) is 2.03. The van der Waals surface area contributed by atoms with Gasteiger partial charge in [-0.25, -0.2) is 4.98 Å². The van der Waals surface area contributed by atoms with Crippen LogP contribution in [-0.2, 0) is 0 Å². The molecule has 2 aromatic heterocycles. The molecule has 2 aromatic rings. The lowest BCUT2D eigenvalue weighted by Crippen LogP contribution is -2.01. The summed E-state index contributed by atoms with van der Waals surface area (Å²) in [5, 5.41) is 2.21. The summed E-state index contributed by atoms with van der Waals surface area (Å²) in [5.74, 6) is 1.04. The molecule has 0 atom stereocenters. The molecule has 0 aliphatic rings. The van der Waals surface area contributed by atoms with Gasteiger partial charge in [-0.2, -0.15) is 0 Å². The molecule has 0 N–H and O–H groups in total. The molecule has 0 saturated heterocycles. The first-order valence-electron chi connectivity index (χ1n) is 4.33. The Morgan fingerprint density at radius 1 is 1.67 bits per heavy atom. The number of halogens is 1. The van der Waals surface area contributed by atoms with E-state index in [2.05, 4.69) is 20.9 Å². The Labute approximate surface area is 99.3 Å². The van der Waals surface area contributed by atoms with Crippen LogP contribution in [0, 0.1) is 6.92 Å². The van der Waals surface area contributed by atoms with Crippen LogP contribution in [0.4, 0.5) is 0 Å². The number of oxazole rings is 1. The fourth-order valence-corrected chi connectivity index (χ4v) is 2.14. The normalized spacial score (nSPS) is 10.5. The zero-order chi connectivity index (χ0) is 10.8. The molecule has 78 valence electrons. The van der Waals surface area contributed by atoms with E-state index in [-0.39, 0.29) is 11.1 Å². The van der Waals surface area contributed by atoms with Crippen molar-refractivity contribution >= 4 is 33.0 Å². The third-order valence-electron chi connectivity index (χ3n) is 1.91. The second kappa shape index (κ2) is 4.28. The summed E-state index contributed by atoms with van der Waals surface area (Å²) < 4.78 is 5.44. The lowest BCUT2D eigenvalue weighted by Gasteiger charge is -1.88. The number of nitrogens with zero attached hydrogens (tertiary/aromatic N) is 1. The summed E-state index contributed by atoms with van der Waals surface area (Å²) in [7, 11) is 0. The van der Waals surface area contributed by atoms with Crippen molar-refractivity contribution in [3.63, 3.8) is 0 Å². The van der Waals surface area contributed by atoms with Gasteiger partial charge in [-0.15, -0.1) is 11.3 Å². The molecule has 15 heavy (non-hydrogen) atoms. The molecule has 0 aromatic carbocycles. The van der Waals surface area contributed by atoms with E-state index in [1.165, 1.54) is 11.3 Å². The Morgan fingerprint density at radius 3 is 3.07 bits per heavy atom. The van der Waals surface area contributed by atoms with Crippen LogP contribution in [0.2, 0.25) is 0 Å². The minimum absolute atomic E-state index is 0.0564. The molecule has 0 fully saturated rings. The number of carbonyl (C=O) groups excluding carboxylic acids is 1. The van der Waals surface area contributed by atoms with Crippen molar-refractivity contribution in [1.82, 2.24) is 4.98 Å². The van der Waals surface area contributed by atoms with Crippen molar-refractivity contribution in [2.24, 2.45) is 0 Å². The van der Waals surface area contributed by atoms with Gasteiger partial charge < -0.3 is 4.42 Å². The monoisotopic (exact) mass is 285 g/mol. The lowest BCUT2D eigenvalue weighted by molar-refractivity contribution is 0.101. The summed E-state index contributed by atoms with van der Waals surface area (Å²) >= 11 is 4.65. The predicted molar refractivity (Wildman–Crippen MR) is 62.7 cm³/mol. The maximum atomic E-state index is 11.5. The highest BCUT2D eigenvalue weighted by Crippen LogP contribution is 2.26. The standard InChI is InChI=1S/C10H8BrNO2S/c1-6-9(7(13)5-11)12-10(14-6)8-3-2-4-15-8/h2-4H,5H2,1H3. The molecular weight excluding hydrogens is 278 g/mol. The fourth-order valence-electron chi connectivity index (χ4n) is 1.22. The lowest BCUT2D eigenvalue weighted by atomic mass is 10.3. The maximum absolute atomic E-state index is 11.5. The van der Waals surface area contributed by atoms with Gasteiger partial charge in [0.25, 0.3) is 0 Å². The Kier molecular flexibility index (Phi) is 3.02. The van der Waals surface area contributed by atoms with E-state index in [1.54, 1.807) is 6.92 Å². The van der Waals surface area contributed by atoms with E-state index in [0.29, 0.717) is 17.3 Å². The van der Waals surface area contributed by atoms with Gasteiger partial charge in [0, 0.05) is 0 Å². The van der Waals surface area contributed by atoms with E-state index in [0.717, 1.165) is 4.88 Å². The van der Waals surface area contributed by atoms with E-state index >= 15 is 0 Å². The average Bonchev–Trinajstić information content (AvgIpc) is 2.84. The van der Waals surface area contributed by atoms with Gasteiger partial charge in [0.05, 0.1) is 10.2 Å². The van der Waals surface area contributed by atoms with Crippen molar-refractivity contribution in [3.05, 3.63) is 29.0 Å². The highest BCUT2D eigenvalue weighted by atomic mass is 79.9. The number of aromatic nitrogens is 1. The zero-order valence-corrected chi connectivity index (χ0v) is 10.4. The van der Waals surface area contributed by atoms with Crippen LogP contribution < -0.4 is 0 Å². The molecule has 2 rings (SSSR count). The number of hydrogen-bond donors (Lipinski definition) is 0. The largest absolute Gasteiger partial charge is 0.440 e. The van der Waals surface area contributed by atoms with Gasteiger partial charge in [0.1, 0.15) is 11.5 Å². The van der Waals surface area contributed by atoms with Crippen molar-refractivity contribution in [2.45, 2.75) is 6.92 Å². The molecule has 0 spiro atoms. The van der Waals surface area contributed by atoms with Crippen LogP contribution >= 0.6 is 27.3 Å². The predicted octanol–water partition coefficient (Wildman–Crippen LogP) is 3.29. The highest BCUT2D eigenvalue weighted by molar-refractivity contribution is 9.09. The summed E-state index contributed by atoms with van der Waals surface area (Å²) in [6.07, 6.45) is 0. The number of hydrogen-bond acceptors (Lipinski definition) is 4. The number of aryl methyl sites for hydroxylation is 1. The summed E-state index contributed by atoms with van der Waals surface area (Å²) in [6.45, 7) is 1.75. The van der Waals surface area contributed by atoms with Crippen molar-refractivity contribution in [3.8, 4) is 10.8 Å². The maximum Gasteiger partial charge on any atom is 0.237 e. The Morgan fingerprint density at radius 2 is 2.47 bits per heavy atom.